The average Bonchev–Trinajstić information content (AvgIpc) is 2.87. The van der Waals surface area contributed by atoms with Crippen LogP contribution in [0.4, 0.5) is 0 Å². The first-order valence-corrected chi connectivity index (χ1v) is 9.63. The molecular weight excluding hydrogens is 228 g/mol. The highest BCUT2D eigenvalue weighted by molar-refractivity contribution is 6.69. The Hall–Kier alpha value is -0.803. The maximum atomic E-state index is 6.41. The Morgan fingerprint density at radius 2 is 1.71 bits per heavy atom. The molecular formula is C14H22O2Si. The van der Waals surface area contributed by atoms with Gasteiger partial charge in [0, 0.05) is 0 Å². The Balaban J connectivity index is 2.23. The monoisotopic (exact) mass is 250 g/mol. The third-order valence-electron chi connectivity index (χ3n) is 3.31. The lowest BCUT2D eigenvalue weighted by atomic mass is 10.1. The van der Waals surface area contributed by atoms with Gasteiger partial charge in [-0.05, 0) is 49.7 Å². The fraction of sp³-hybridized carbons (Fsp3) is 0.571. The Bertz CT molecular complexity index is 394. The molecule has 1 saturated carbocycles. The van der Waals surface area contributed by atoms with E-state index in [9.17, 15) is 0 Å². The number of rotatable bonds is 4. The van der Waals surface area contributed by atoms with Crippen LogP contribution in [0.3, 0.4) is 0 Å². The van der Waals surface area contributed by atoms with Gasteiger partial charge in [0.25, 0.3) is 0 Å². The van der Waals surface area contributed by atoms with E-state index in [4.69, 9.17) is 9.16 Å². The predicted octanol–water partition coefficient (Wildman–Crippen LogP) is 3.78. The van der Waals surface area contributed by atoms with E-state index in [0.717, 1.165) is 12.2 Å². The van der Waals surface area contributed by atoms with Crippen molar-refractivity contribution >= 4 is 8.32 Å². The van der Waals surface area contributed by atoms with Crippen molar-refractivity contribution in [1.29, 1.82) is 0 Å². The predicted molar refractivity (Wildman–Crippen MR) is 72.9 cm³/mol. The van der Waals surface area contributed by atoms with Crippen LogP contribution in [-0.4, -0.2) is 15.4 Å². The Labute approximate surface area is 105 Å². The summed E-state index contributed by atoms with van der Waals surface area (Å²) in [5, 5.41) is 0. The maximum absolute atomic E-state index is 6.41. The van der Waals surface area contributed by atoms with E-state index in [0.29, 0.717) is 5.92 Å². The first kappa shape index (κ1) is 12.6. The fourth-order valence-corrected chi connectivity index (χ4v) is 3.91. The SMILES string of the molecule is COc1ccc(C2(O[Si](C)(C)C)CC2C)cc1. The summed E-state index contributed by atoms with van der Waals surface area (Å²) in [7, 11) is 0.190. The lowest BCUT2D eigenvalue weighted by Gasteiger charge is -2.28. The minimum Gasteiger partial charge on any atom is -0.497 e. The highest BCUT2D eigenvalue weighted by atomic mass is 28.4. The Morgan fingerprint density at radius 3 is 2.06 bits per heavy atom. The van der Waals surface area contributed by atoms with Crippen LogP contribution in [0.2, 0.25) is 19.6 Å². The lowest BCUT2D eigenvalue weighted by molar-refractivity contribution is 0.156. The van der Waals surface area contributed by atoms with Crippen molar-refractivity contribution in [1.82, 2.24) is 0 Å². The molecule has 2 rings (SSSR count). The topological polar surface area (TPSA) is 18.5 Å². The van der Waals surface area contributed by atoms with Crippen LogP contribution < -0.4 is 4.74 Å². The van der Waals surface area contributed by atoms with Gasteiger partial charge in [0.15, 0.2) is 8.32 Å². The van der Waals surface area contributed by atoms with Crippen LogP contribution in [0, 0.1) is 5.92 Å². The molecule has 2 unspecified atom stereocenters. The number of hydrogen-bond donors (Lipinski definition) is 0. The second kappa shape index (κ2) is 4.14. The van der Waals surface area contributed by atoms with Crippen LogP contribution in [0.15, 0.2) is 24.3 Å². The average molecular weight is 250 g/mol. The van der Waals surface area contributed by atoms with Gasteiger partial charge in [-0.1, -0.05) is 19.1 Å². The number of methoxy groups -OCH3 is 1. The molecule has 1 aromatic carbocycles. The van der Waals surface area contributed by atoms with Crippen LogP contribution >= 0.6 is 0 Å². The minimum atomic E-state index is -1.51. The van der Waals surface area contributed by atoms with Gasteiger partial charge in [-0.15, -0.1) is 0 Å². The Morgan fingerprint density at radius 1 is 1.18 bits per heavy atom. The molecule has 2 atom stereocenters. The largest absolute Gasteiger partial charge is 0.497 e. The van der Waals surface area contributed by atoms with Crippen molar-refractivity contribution in [3.63, 3.8) is 0 Å². The molecule has 0 saturated heterocycles. The first-order chi connectivity index (χ1) is 7.87. The van der Waals surface area contributed by atoms with Gasteiger partial charge in [0.2, 0.25) is 0 Å². The smallest absolute Gasteiger partial charge is 0.184 e. The molecule has 2 nitrogen and oxygen atoms in total. The summed E-state index contributed by atoms with van der Waals surface area (Å²) in [5.41, 5.74) is 1.28. The minimum absolute atomic E-state index is 0.0171. The summed E-state index contributed by atoms with van der Waals surface area (Å²) in [6, 6.07) is 8.33. The third kappa shape index (κ3) is 2.55. The maximum Gasteiger partial charge on any atom is 0.184 e. The molecule has 0 radical (unpaired) electrons. The molecule has 0 aromatic heterocycles. The van der Waals surface area contributed by atoms with Gasteiger partial charge in [0.1, 0.15) is 5.75 Å². The van der Waals surface area contributed by atoms with Gasteiger partial charge in [-0.25, -0.2) is 0 Å². The molecule has 0 bridgehead atoms. The van der Waals surface area contributed by atoms with Crippen LogP contribution in [0.1, 0.15) is 18.9 Å². The number of hydrogen-bond acceptors (Lipinski definition) is 2. The zero-order valence-electron chi connectivity index (χ0n) is 11.4. The summed E-state index contributed by atoms with van der Waals surface area (Å²) in [4.78, 5) is 0. The molecule has 94 valence electrons. The normalized spacial score (nSPS) is 27.9. The highest BCUT2D eigenvalue weighted by Gasteiger charge is 2.55. The van der Waals surface area contributed by atoms with Crippen LogP contribution in [0.25, 0.3) is 0 Å². The van der Waals surface area contributed by atoms with Crippen molar-refractivity contribution in [3.8, 4) is 5.75 Å². The van der Waals surface area contributed by atoms with E-state index >= 15 is 0 Å². The van der Waals surface area contributed by atoms with E-state index in [2.05, 4.69) is 38.7 Å². The Kier molecular flexibility index (Phi) is 3.08. The van der Waals surface area contributed by atoms with Crippen molar-refractivity contribution in [2.24, 2.45) is 5.92 Å². The van der Waals surface area contributed by atoms with Gasteiger partial charge in [0.05, 0.1) is 12.7 Å². The number of ether oxygens (including phenoxy) is 1. The van der Waals surface area contributed by atoms with Gasteiger partial charge >= 0.3 is 0 Å². The zero-order chi connectivity index (χ0) is 12.7. The van der Waals surface area contributed by atoms with E-state index < -0.39 is 8.32 Å². The zero-order valence-corrected chi connectivity index (χ0v) is 12.4. The molecule has 1 aromatic rings. The fourth-order valence-electron chi connectivity index (χ4n) is 2.42. The summed E-state index contributed by atoms with van der Waals surface area (Å²) in [5.74, 6) is 1.54. The van der Waals surface area contributed by atoms with Gasteiger partial charge < -0.3 is 9.16 Å². The molecule has 1 aliphatic rings. The molecule has 0 spiro atoms. The molecule has 17 heavy (non-hydrogen) atoms. The first-order valence-electron chi connectivity index (χ1n) is 6.22. The van der Waals surface area contributed by atoms with Crippen molar-refractivity contribution < 1.29 is 9.16 Å². The van der Waals surface area contributed by atoms with Crippen molar-refractivity contribution in [2.75, 3.05) is 7.11 Å². The third-order valence-corrected chi connectivity index (χ3v) is 4.29. The summed E-state index contributed by atoms with van der Waals surface area (Å²) >= 11 is 0. The van der Waals surface area contributed by atoms with E-state index in [1.165, 1.54) is 5.56 Å². The second-order valence-corrected chi connectivity index (χ2v) is 10.4. The van der Waals surface area contributed by atoms with E-state index in [-0.39, 0.29) is 5.60 Å². The van der Waals surface area contributed by atoms with Crippen LogP contribution in [-0.2, 0) is 10.0 Å². The quantitative estimate of drug-likeness (QED) is 0.757. The van der Waals surface area contributed by atoms with E-state index in [1.807, 2.05) is 12.1 Å². The van der Waals surface area contributed by atoms with Crippen LogP contribution in [0.5, 0.6) is 5.75 Å². The summed E-state index contributed by atoms with van der Waals surface area (Å²) in [6.07, 6.45) is 1.14. The molecule has 0 amide bonds. The molecule has 0 heterocycles. The number of benzene rings is 1. The van der Waals surface area contributed by atoms with Crippen molar-refractivity contribution in [2.45, 2.75) is 38.6 Å². The van der Waals surface area contributed by atoms with Crippen molar-refractivity contribution in [3.05, 3.63) is 29.8 Å². The van der Waals surface area contributed by atoms with E-state index in [1.54, 1.807) is 7.11 Å². The molecule has 0 aliphatic heterocycles. The summed E-state index contributed by atoms with van der Waals surface area (Å²) < 4.78 is 11.6. The van der Waals surface area contributed by atoms with Gasteiger partial charge in [-0.3, -0.25) is 0 Å². The molecule has 0 N–H and O–H groups in total. The highest BCUT2D eigenvalue weighted by Crippen LogP contribution is 2.56. The lowest BCUT2D eigenvalue weighted by Crippen LogP contribution is -2.33. The summed E-state index contributed by atoms with van der Waals surface area (Å²) in [6.45, 7) is 9.03. The van der Waals surface area contributed by atoms with Gasteiger partial charge in [-0.2, -0.15) is 0 Å². The molecule has 1 fully saturated rings. The standard InChI is InChI=1S/C14H22O2Si/c1-11-10-14(11,16-17(3,4)5)12-6-8-13(15-2)9-7-12/h6-9,11H,10H2,1-5H3. The second-order valence-electron chi connectivity index (χ2n) is 5.94. The molecule has 3 heteroatoms. The molecule has 1 aliphatic carbocycles.